The predicted octanol–water partition coefficient (Wildman–Crippen LogP) is 4.47. The number of nitrogen functional groups attached to an aromatic ring is 1. The molecule has 1 aromatic heterocycles. The van der Waals surface area contributed by atoms with E-state index in [2.05, 4.69) is 10.5 Å². The summed E-state index contributed by atoms with van der Waals surface area (Å²) in [6, 6.07) is 16.9. The van der Waals surface area contributed by atoms with E-state index in [-0.39, 0.29) is 18.3 Å². The van der Waals surface area contributed by atoms with Crippen molar-refractivity contribution in [2.75, 3.05) is 11.1 Å². The minimum atomic E-state index is -0.264. The lowest BCUT2D eigenvalue weighted by atomic mass is 10.2. The lowest BCUT2D eigenvalue weighted by molar-refractivity contribution is 0.103. The average molecular weight is 383 g/mol. The van der Waals surface area contributed by atoms with Gasteiger partial charge in [-0.15, -0.1) is 11.3 Å². The Labute approximate surface area is 160 Å². The van der Waals surface area contributed by atoms with E-state index in [1.54, 1.807) is 36.5 Å². The molecule has 0 atom stereocenters. The van der Waals surface area contributed by atoms with E-state index in [9.17, 15) is 9.18 Å². The topological polar surface area (TPSA) is 76.7 Å². The summed E-state index contributed by atoms with van der Waals surface area (Å²) in [6.45, 7) is 0.269. The van der Waals surface area contributed by atoms with Gasteiger partial charge in [-0.3, -0.25) is 4.79 Å². The summed E-state index contributed by atoms with van der Waals surface area (Å²) in [5, 5.41) is 6.68. The second-order valence-electron chi connectivity index (χ2n) is 5.70. The maximum atomic E-state index is 12.8. The Morgan fingerprint density at radius 2 is 1.93 bits per heavy atom. The van der Waals surface area contributed by atoms with E-state index in [1.165, 1.54) is 23.5 Å². The van der Waals surface area contributed by atoms with Gasteiger partial charge < -0.3 is 15.9 Å². The number of para-hydroxylation sites is 2. The van der Waals surface area contributed by atoms with Crippen LogP contribution in [0.1, 0.15) is 20.1 Å². The van der Waals surface area contributed by atoms with Crippen LogP contribution in [0.5, 0.6) is 0 Å². The third-order valence-corrected chi connectivity index (χ3v) is 4.75. The highest BCUT2D eigenvalue weighted by atomic mass is 32.1. The molecule has 0 saturated carbocycles. The molecule has 3 N–H and O–H groups in total. The van der Waals surface area contributed by atoms with Crippen LogP contribution in [-0.2, 0) is 17.9 Å². The molecule has 0 aliphatic heterocycles. The Balaban J connectivity index is 1.47. The smallest absolute Gasteiger partial charge is 0.265 e. The zero-order valence-electron chi connectivity index (χ0n) is 14.4. The number of nitrogens with zero attached hydrogens (tertiary/aromatic N) is 1. The molecule has 138 valence electrons. The highest BCUT2D eigenvalue weighted by Crippen LogP contribution is 2.22. The Bertz CT molecular complexity index is 938. The Morgan fingerprint density at radius 3 is 2.70 bits per heavy atom. The number of oxime groups is 1. The van der Waals surface area contributed by atoms with E-state index in [0.29, 0.717) is 22.7 Å². The molecule has 5 nitrogen and oxygen atoms in total. The number of amides is 1. The van der Waals surface area contributed by atoms with E-state index in [1.807, 2.05) is 18.2 Å². The van der Waals surface area contributed by atoms with E-state index >= 15 is 0 Å². The van der Waals surface area contributed by atoms with Crippen LogP contribution in [0, 0.1) is 5.82 Å². The standard InChI is InChI=1S/C20H18FN3O2S/c21-15-7-5-14(6-8-15)11-12-23-26-13-16-9-10-19(27-16)20(25)24-18-4-2-1-3-17(18)22/h1-10,12H,11,13,22H2,(H,24,25)/b23-12+. The molecular weight excluding hydrogens is 365 g/mol. The summed E-state index contributed by atoms with van der Waals surface area (Å²) in [7, 11) is 0. The fraction of sp³-hybridized carbons (Fsp3) is 0.100. The molecule has 0 unspecified atom stereocenters. The van der Waals surface area contributed by atoms with Crippen molar-refractivity contribution in [3.63, 3.8) is 0 Å². The number of carbonyl (C=O) groups excluding carboxylic acids is 1. The summed E-state index contributed by atoms with van der Waals surface area (Å²) in [4.78, 5) is 19.0. The number of carbonyl (C=O) groups is 1. The second kappa shape index (κ2) is 8.95. The first-order valence-electron chi connectivity index (χ1n) is 8.24. The number of halogens is 1. The first kappa shape index (κ1) is 18.6. The molecule has 0 radical (unpaired) electrons. The van der Waals surface area contributed by atoms with E-state index in [0.717, 1.165) is 10.4 Å². The predicted molar refractivity (Wildman–Crippen MR) is 107 cm³/mol. The molecule has 1 amide bonds. The summed E-state index contributed by atoms with van der Waals surface area (Å²) in [6.07, 6.45) is 2.17. The van der Waals surface area contributed by atoms with Crippen molar-refractivity contribution in [2.24, 2.45) is 5.16 Å². The summed E-state index contributed by atoms with van der Waals surface area (Å²) < 4.78 is 12.8. The normalized spacial score (nSPS) is 10.9. The van der Waals surface area contributed by atoms with Crippen molar-refractivity contribution in [3.8, 4) is 0 Å². The zero-order valence-corrected chi connectivity index (χ0v) is 15.2. The van der Waals surface area contributed by atoms with Gasteiger partial charge in [-0.05, 0) is 42.0 Å². The zero-order chi connectivity index (χ0) is 19.1. The first-order valence-corrected chi connectivity index (χ1v) is 9.06. The maximum absolute atomic E-state index is 12.8. The number of hydrogen-bond donors (Lipinski definition) is 2. The van der Waals surface area contributed by atoms with Crippen LogP contribution in [0.25, 0.3) is 0 Å². The molecule has 0 saturated heterocycles. The van der Waals surface area contributed by atoms with Crippen LogP contribution in [0.2, 0.25) is 0 Å². The van der Waals surface area contributed by atoms with Gasteiger partial charge in [0.1, 0.15) is 5.82 Å². The summed E-state index contributed by atoms with van der Waals surface area (Å²) in [5.41, 5.74) is 7.87. The molecule has 27 heavy (non-hydrogen) atoms. The monoisotopic (exact) mass is 383 g/mol. The van der Waals surface area contributed by atoms with Gasteiger partial charge in [-0.1, -0.05) is 29.4 Å². The first-order chi connectivity index (χ1) is 13.1. The van der Waals surface area contributed by atoms with Crippen LogP contribution in [0.3, 0.4) is 0 Å². The minimum Gasteiger partial charge on any atom is -0.397 e. The van der Waals surface area contributed by atoms with Gasteiger partial charge in [-0.25, -0.2) is 4.39 Å². The quantitative estimate of drug-likeness (QED) is 0.359. The number of nitrogens with one attached hydrogen (secondary N) is 1. The fourth-order valence-corrected chi connectivity index (χ4v) is 3.10. The molecule has 3 rings (SSSR count). The fourth-order valence-electron chi connectivity index (χ4n) is 2.29. The van der Waals surface area contributed by atoms with Crippen LogP contribution in [-0.4, -0.2) is 12.1 Å². The second-order valence-corrected chi connectivity index (χ2v) is 6.87. The molecule has 3 aromatic rings. The molecule has 7 heteroatoms. The van der Waals surface area contributed by atoms with Gasteiger partial charge in [0.25, 0.3) is 5.91 Å². The number of nitrogens with two attached hydrogens (primary N) is 1. The lowest BCUT2D eigenvalue weighted by Crippen LogP contribution is -2.11. The van der Waals surface area contributed by atoms with Crippen LogP contribution >= 0.6 is 11.3 Å². The molecule has 0 aliphatic rings. The molecular formula is C20H18FN3O2S. The van der Waals surface area contributed by atoms with Crippen molar-refractivity contribution in [1.82, 2.24) is 0 Å². The number of anilines is 2. The van der Waals surface area contributed by atoms with Crippen molar-refractivity contribution >= 4 is 34.8 Å². The Morgan fingerprint density at radius 1 is 1.15 bits per heavy atom. The third-order valence-electron chi connectivity index (χ3n) is 3.69. The largest absolute Gasteiger partial charge is 0.397 e. The van der Waals surface area contributed by atoms with E-state index in [4.69, 9.17) is 10.6 Å². The van der Waals surface area contributed by atoms with Crippen LogP contribution in [0.15, 0.2) is 65.8 Å². The van der Waals surface area contributed by atoms with Crippen molar-refractivity contribution in [2.45, 2.75) is 13.0 Å². The van der Waals surface area contributed by atoms with Crippen molar-refractivity contribution in [3.05, 3.63) is 81.8 Å². The highest BCUT2D eigenvalue weighted by molar-refractivity contribution is 7.14. The van der Waals surface area contributed by atoms with Gasteiger partial charge in [0.05, 0.1) is 16.3 Å². The molecule has 0 fully saturated rings. The molecule has 0 bridgehead atoms. The molecule has 0 spiro atoms. The Hall–Kier alpha value is -3.19. The number of benzene rings is 2. The van der Waals surface area contributed by atoms with Crippen molar-refractivity contribution < 1.29 is 14.0 Å². The molecule has 1 heterocycles. The van der Waals surface area contributed by atoms with Gasteiger partial charge in [0, 0.05) is 17.5 Å². The minimum absolute atomic E-state index is 0.219. The van der Waals surface area contributed by atoms with Gasteiger partial charge in [-0.2, -0.15) is 0 Å². The van der Waals surface area contributed by atoms with Crippen molar-refractivity contribution in [1.29, 1.82) is 0 Å². The SMILES string of the molecule is Nc1ccccc1NC(=O)c1ccc(CO/N=C/Cc2ccc(F)cc2)s1. The number of thiophene rings is 1. The Kier molecular flexibility index (Phi) is 6.17. The highest BCUT2D eigenvalue weighted by Gasteiger charge is 2.11. The number of rotatable bonds is 7. The van der Waals surface area contributed by atoms with Gasteiger partial charge >= 0.3 is 0 Å². The van der Waals surface area contributed by atoms with E-state index < -0.39 is 0 Å². The lowest BCUT2D eigenvalue weighted by Gasteiger charge is -2.06. The number of hydrogen-bond acceptors (Lipinski definition) is 5. The third kappa shape index (κ3) is 5.39. The maximum Gasteiger partial charge on any atom is 0.265 e. The summed E-state index contributed by atoms with van der Waals surface area (Å²) >= 11 is 1.33. The summed E-state index contributed by atoms with van der Waals surface area (Å²) in [5.74, 6) is -0.483. The molecule has 2 aromatic carbocycles. The van der Waals surface area contributed by atoms with Crippen LogP contribution < -0.4 is 11.1 Å². The van der Waals surface area contributed by atoms with Crippen LogP contribution in [0.4, 0.5) is 15.8 Å². The van der Waals surface area contributed by atoms with Gasteiger partial charge in [0.2, 0.25) is 0 Å². The molecule has 0 aliphatic carbocycles. The van der Waals surface area contributed by atoms with Gasteiger partial charge in [0.15, 0.2) is 6.61 Å². The average Bonchev–Trinajstić information content (AvgIpc) is 3.14.